The molecule has 5 rings (SSSR count). The predicted octanol–water partition coefficient (Wildman–Crippen LogP) is 6.07. The highest BCUT2D eigenvalue weighted by atomic mass is 19.4. The maximum Gasteiger partial charge on any atom is 0.434 e. The smallest absolute Gasteiger partial charge is 0.322 e. The number of nitrogens with zero attached hydrogens (tertiary/aromatic N) is 4. The Hall–Kier alpha value is -4.60. The molecule has 1 aliphatic heterocycles. The van der Waals surface area contributed by atoms with Crippen molar-refractivity contribution in [3.8, 4) is 11.1 Å². The Kier molecular flexibility index (Phi) is 5.97. The minimum atomic E-state index is -4.85. The molecule has 0 atom stereocenters. The third-order valence-corrected chi connectivity index (χ3v) is 6.42. The van der Waals surface area contributed by atoms with E-state index in [0.717, 1.165) is 17.8 Å². The summed E-state index contributed by atoms with van der Waals surface area (Å²) in [5.41, 5.74) is 0.131. The van der Waals surface area contributed by atoms with Gasteiger partial charge in [-0.25, -0.2) is 14.9 Å². The number of hydrogen-bond acceptors (Lipinski definition) is 5. The first kappa shape index (κ1) is 25.1. The van der Waals surface area contributed by atoms with E-state index in [9.17, 15) is 22.8 Å². The molecule has 2 aromatic heterocycles. The van der Waals surface area contributed by atoms with Crippen LogP contribution in [0, 0.1) is 6.92 Å². The molecule has 0 saturated heterocycles. The number of alkyl halides is 3. The van der Waals surface area contributed by atoms with Crippen LogP contribution in [0.2, 0.25) is 0 Å². The summed E-state index contributed by atoms with van der Waals surface area (Å²) in [5.74, 6) is -1.05. The minimum absolute atomic E-state index is 0.185. The van der Waals surface area contributed by atoms with E-state index in [1.54, 1.807) is 62.4 Å². The number of hydrogen-bond donors (Lipinski definition) is 1. The fourth-order valence-electron chi connectivity index (χ4n) is 4.57. The first-order chi connectivity index (χ1) is 18.0. The second-order valence-electron chi connectivity index (χ2n) is 9.45. The van der Waals surface area contributed by atoms with Crippen molar-refractivity contribution >= 4 is 29.1 Å². The van der Waals surface area contributed by atoms with Gasteiger partial charge in [0.15, 0.2) is 5.69 Å². The molecule has 0 aliphatic carbocycles. The number of carbonyl (C=O) groups is 2. The van der Waals surface area contributed by atoms with Crippen molar-refractivity contribution in [3.63, 3.8) is 0 Å². The van der Waals surface area contributed by atoms with E-state index in [0.29, 0.717) is 22.5 Å². The molecule has 2 amide bonds. The van der Waals surface area contributed by atoms with Crippen LogP contribution in [0.25, 0.3) is 11.1 Å². The summed E-state index contributed by atoms with van der Waals surface area (Å²) in [7, 11) is 0. The number of anilines is 3. The largest absolute Gasteiger partial charge is 0.434 e. The first-order valence-electron chi connectivity index (χ1n) is 11.7. The zero-order valence-electron chi connectivity index (χ0n) is 20.7. The van der Waals surface area contributed by atoms with Gasteiger partial charge in [-0.2, -0.15) is 13.2 Å². The van der Waals surface area contributed by atoms with Gasteiger partial charge in [0.05, 0.1) is 16.7 Å². The number of carbonyl (C=O) groups excluding carboxylic acids is 2. The Balaban J connectivity index is 1.64. The number of fused-ring (bicyclic) bond motifs is 1. The third kappa shape index (κ3) is 4.27. The summed E-state index contributed by atoms with van der Waals surface area (Å²) in [4.78, 5) is 40.0. The number of benzene rings is 2. The molecule has 0 radical (unpaired) electrons. The van der Waals surface area contributed by atoms with Gasteiger partial charge in [0.2, 0.25) is 11.9 Å². The number of amides is 2. The van der Waals surface area contributed by atoms with E-state index in [4.69, 9.17) is 0 Å². The summed E-state index contributed by atoms with van der Waals surface area (Å²) >= 11 is 0. The van der Waals surface area contributed by atoms with Crippen LogP contribution in [0.3, 0.4) is 0 Å². The second-order valence-corrected chi connectivity index (χ2v) is 9.45. The molecular formula is C28H22F3N5O2. The standard InChI is InChI=1S/C28H22F3N5O2/c1-16-8-10-18(11-9-16)35-24(37)20-14-17(15-34-23(20)28(29,30)31)19-6-4-7-21-22(19)27(2,3)25(38)36(21)26-32-12-5-13-33-26/h4-15H,1-3H3,(H,35,37). The fourth-order valence-corrected chi connectivity index (χ4v) is 4.57. The van der Waals surface area contributed by atoms with Crippen molar-refractivity contribution in [2.75, 3.05) is 10.2 Å². The Bertz CT molecular complexity index is 1550. The lowest BCUT2D eigenvalue weighted by Crippen LogP contribution is -2.34. The third-order valence-electron chi connectivity index (χ3n) is 6.42. The van der Waals surface area contributed by atoms with E-state index in [1.165, 1.54) is 17.3 Å². The lowest BCUT2D eigenvalue weighted by Gasteiger charge is -2.20. The van der Waals surface area contributed by atoms with Crippen molar-refractivity contribution in [3.05, 3.63) is 95.6 Å². The summed E-state index contributed by atoms with van der Waals surface area (Å²) in [6.45, 7) is 5.31. The molecule has 192 valence electrons. The molecule has 0 unspecified atom stereocenters. The number of halogens is 3. The van der Waals surface area contributed by atoms with E-state index in [1.807, 2.05) is 6.92 Å². The lowest BCUT2D eigenvalue weighted by atomic mass is 9.81. The van der Waals surface area contributed by atoms with Gasteiger partial charge in [-0.1, -0.05) is 29.8 Å². The fraction of sp³-hybridized carbons (Fsp3) is 0.179. The van der Waals surface area contributed by atoms with Crippen molar-refractivity contribution < 1.29 is 22.8 Å². The monoisotopic (exact) mass is 517 g/mol. The van der Waals surface area contributed by atoms with Gasteiger partial charge >= 0.3 is 6.18 Å². The van der Waals surface area contributed by atoms with Crippen molar-refractivity contribution in [1.82, 2.24) is 15.0 Å². The molecule has 7 nitrogen and oxygen atoms in total. The van der Waals surface area contributed by atoms with Gasteiger partial charge in [0, 0.05) is 29.8 Å². The van der Waals surface area contributed by atoms with Crippen molar-refractivity contribution in [1.29, 1.82) is 0 Å². The van der Waals surface area contributed by atoms with Crippen LogP contribution in [0.1, 0.15) is 41.0 Å². The van der Waals surface area contributed by atoms with Gasteiger partial charge in [-0.3, -0.25) is 14.6 Å². The molecule has 0 fully saturated rings. The van der Waals surface area contributed by atoms with Crippen LogP contribution in [0.15, 0.2) is 73.2 Å². The molecular weight excluding hydrogens is 495 g/mol. The van der Waals surface area contributed by atoms with Crippen LogP contribution in [-0.4, -0.2) is 26.8 Å². The second kappa shape index (κ2) is 9.05. The topological polar surface area (TPSA) is 88.1 Å². The zero-order valence-corrected chi connectivity index (χ0v) is 20.7. The van der Waals surface area contributed by atoms with Crippen molar-refractivity contribution in [2.24, 2.45) is 0 Å². The number of rotatable bonds is 4. The quantitative estimate of drug-likeness (QED) is 0.355. The number of nitrogens with one attached hydrogen (secondary N) is 1. The van der Waals surface area contributed by atoms with E-state index in [2.05, 4.69) is 20.3 Å². The molecule has 3 heterocycles. The Morgan fingerprint density at radius 3 is 2.32 bits per heavy atom. The van der Waals surface area contributed by atoms with Gasteiger partial charge in [0.25, 0.3) is 5.91 Å². The Labute approximate surface area is 216 Å². The van der Waals surface area contributed by atoms with E-state index < -0.39 is 28.8 Å². The SMILES string of the molecule is Cc1ccc(NC(=O)c2cc(-c3cccc4c3C(C)(C)C(=O)N4c3ncccn3)cnc2C(F)(F)F)cc1. The highest BCUT2D eigenvalue weighted by Crippen LogP contribution is 2.49. The highest BCUT2D eigenvalue weighted by Gasteiger charge is 2.47. The molecule has 38 heavy (non-hydrogen) atoms. The van der Waals surface area contributed by atoms with Gasteiger partial charge in [-0.15, -0.1) is 0 Å². The molecule has 2 aromatic carbocycles. The lowest BCUT2D eigenvalue weighted by molar-refractivity contribution is -0.141. The van der Waals surface area contributed by atoms with Gasteiger partial charge in [-0.05, 0) is 62.2 Å². The summed E-state index contributed by atoms with van der Waals surface area (Å²) < 4.78 is 41.6. The van der Waals surface area contributed by atoms with Crippen LogP contribution in [-0.2, 0) is 16.4 Å². The first-order valence-corrected chi connectivity index (χ1v) is 11.7. The molecule has 1 aliphatic rings. The van der Waals surface area contributed by atoms with Crippen molar-refractivity contribution in [2.45, 2.75) is 32.4 Å². The van der Waals surface area contributed by atoms with E-state index >= 15 is 0 Å². The number of aryl methyl sites for hydroxylation is 1. The predicted molar refractivity (Wildman–Crippen MR) is 136 cm³/mol. The van der Waals surface area contributed by atoms with Gasteiger partial charge in [0.1, 0.15) is 0 Å². The highest BCUT2D eigenvalue weighted by molar-refractivity contribution is 6.13. The average Bonchev–Trinajstić information content (AvgIpc) is 3.10. The van der Waals surface area contributed by atoms with Crippen LogP contribution < -0.4 is 10.2 Å². The molecule has 0 saturated carbocycles. The maximum absolute atomic E-state index is 13.9. The molecule has 10 heteroatoms. The molecule has 1 N–H and O–H groups in total. The zero-order chi connectivity index (χ0) is 27.2. The number of aromatic nitrogens is 3. The summed E-state index contributed by atoms with van der Waals surface area (Å²) in [5, 5.41) is 2.52. The summed E-state index contributed by atoms with van der Waals surface area (Å²) in [6, 6.07) is 14.6. The number of pyridine rings is 1. The molecule has 4 aromatic rings. The van der Waals surface area contributed by atoms with Crippen LogP contribution >= 0.6 is 0 Å². The normalized spacial score (nSPS) is 14.4. The van der Waals surface area contributed by atoms with Crippen LogP contribution in [0.5, 0.6) is 0 Å². The summed E-state index contributed by atoms with van der Waals surface area (Å²) in [6.07, 6.45) is -0.747. The Morgan fingerprint density at radius 1 is 0.974 bits per heavy atom. The average molecular weight is 518 g/mol. The minimum Gasteiger partial charge on any atom is -0.322 e. The van der Waals surface area contributed by atoms with Gasteiger partial charge < -0.3 is 5.32 Å². The maximum atomic E-state index is 13.9. The molecule has 0 spiro atoms. The molecule has 0 bridgehead atoms. The van der Waals surface area contributed by atoms with E-state index in [-0.39, 0.29) is 17.4 Å². The van der Waals surface area contributed by atoms with Crippen LogP contribution in [0.4, 0.5) is 30.5 Å². The Morgan fingerprint density at radius 2 is 1.66 bits per heavy atom.